The average Bonchev–Trinajstić information content (AvgIpc) is 3.32. The molecule has 0 spiro atoms. The molecule has 0 saturated heterocycles. The highest BCUT2D eigenvalue weighted by Gasteiger charge is 2.31. The van der Waals surface area contributed by atoms with Crippen LogP contribution in [0, 0.1) is 5.41 Å². The fourth-order valence-electron chi connectivity index (χ4n) is 3.66. The Bertz CT molecular complexity index is 1670. The molecule has 1 aliphatic rings. The van der Waals surface area contributed by atoms with E-state index in [0.717, 1.165) is 6.07 Å². The monoisotopic (exact) mass is 580 g/mol. The number of hydrogen-bond acceptors (Lipinski definition) is 10. The molecule has 0 bridgehead atoms. The number of anilines is 2. The van der Waals surface area contributed by atoms with Crippen molar-refractivity contribution in [1.29, 1.82) is 0 Å². The number of nitrogens with two attached hydrogens (primary N) is 1. The van der Waals surface area contributed by atoms with Crippen LogP contribution in [-0.4, -0.2) is 49.9 Å². The van der Waals surface area contributed by atoms with Gasteiger partial charge in [0, 0.05) is 18.8 Å². The Hall–Kier alpha value is -3.27. The third-order valence-electron chi connectivity index (χ3n) is 5.58. The molecule has 0 saturated carbocycles. The molecule has 2 aromatic heterocycles. The summed E-state index contributed by atoms with van der Waals surface area (Å²) in [7, 11) is -8.16. The quantitative estimate of drug-likeness (QED) is 0.310. The minimum atomic E-state index is -4.39. The number of hydrogen-bond donors (Lipinski definition) is 4. The summed E-state index contributed by atoms with van der Waals surface area (Å²) in [5, 5.41) is 20.1. The molecule has 5 N–H and O–H groups in total. The van der Waals surface area contributed by atoms with Crippen LogP contribution in [-0.2, 0) is 26.6 Å². The molecule has 1 aromatic carbocycles. The molecule has 0 atom stereocenters. The van der Waals surface area contributed by atoms with Crippen molar-refractivity contribution in [2.24, 2.45) is 15.5 Å². The van der Waals surface area contributed by atoms with Crippen molar-refractivity contribution >= 4 is 48.6 Å². The van der Waals surface area contributed by atoms with Crippen molar-refractivity contribution in [3.63, 3.8) is 0 Å². The Morgan fingerprint density at radius 1 is 1.24 bits per heavy atom. The van der Waals surface area contributed by atoms with E-state index in [1.54, 1.807) is 17.5 Å². The number of aryl methyl sites for hydroxylation is 1. The van der Waals surface area contributed by atoms with Crippen LogP contribution in [0.25, 0.3) is 10.6 Å². The predicted octanol–water partition coefficient (Wildman–Crippen LogP) is 2.38. The molecule has 0 amide bonds. The van der Waals surface area contributed by atoms with Gasteiger partial charge in [-0.1, -0.05) is 26.8 Å². The minimum absolute atomic E-state index is 0.0116. The van der Waals surface area contributed by atoms with Crippen LogP contribution in [0.4, 0.5) is 11.4 Å². The molecular weight excluding hydrogens is 552 g/mol. The summed E-state index contributed by atoms with van der Waals surface area (Å²) < 4.78 is 57.7. The number of sulfonamides is 2. The zero-order valence-electron chi connectivity index (χ0n) is 20.9. The molecule has 38 heavy (non-hydrogen) atoms. The third-order valence-corrected chi connectivity index (χ3v) is 9.09. The van der Waals surface area contributed by atoms with Crippen LogP contribution in [0.1, 0.15) is 32.8 Å². The van der Waals surface area contributed by atoms with Gasteiger partial charge in [0.1, 0.15) is 16.2 Å². The van der Waals surface area contributed by atoms with Gasteiger partial charge in [-0.05, 0) is 41.5 Å². The van der Waals surface area contributed by atoms with E-state index in [0.29, 0.717) is 11.3 Å². The van der Waals surface area contributed by atoms with Gasteiger partial charge in [-0.3, -0.25) is 9.52 Å². The highest BCUT2D eigenvalue weighted by Crippen LogP contribution is 2.35. The second kappa shape index (κ2) is 10.1. The second-order valence-electron chi connectivity index (χ2n) is 9.85. The first-order valence-corrected chi connectivity index (χ1v) is 15.5. The van der Waals surface area contributed by atoms with Gasteiger partial charge in [-0.2, -0.15) is 13.5 Å². The smallest absolute Gasteiger partial charge is 0.286 e. The largest absolute Gasteiger partial charge is 0.505 e. The molecule has 15 heteroatoms. The van der Waals surface area contributed by atoms with Gasteiger partial charge in [0.2, 0.25) is 10.0 Å². The van der Waals surface area contributed by atoms with Crippen molar-refractivity contribution < 1.29 is 21.9 Å². The van der Waals surface area contributed by atoms with E-state index >= 15 is 0 Å². The van der Waals surface area contributed by atoms with Crippen LogP contribution < -0.4 is 21.3 Å². The molecule has 4 rings (SSSR count). The molecule has 0 unspecified atom stereocenters. The van der Waals surface area contributed by atoms with Gasteiger partial charge >= 0.3 is 0 Å². The summed E-state index contributed by atoms with van der Waals surface area (Å²) >= 11 is 1.30. The summed E-state index contributed by atoms with van der Waals surface area (Å²) in [6.07, 6.45) is 0.595. The molecule has 0 fully saturated rings. The van der Waals surface area contributed by atoms with Crippen LogP contribution in [0.15, 0.2) is 49.8 Å². The number of thiophene rings is 1. The maximum Gasteiger partial charge on any atom is 0.286 e. The number of fused-ring (bicyclic) bond motifs is 1. The Balaban J connectivity index is 1.82. The number of aromatic nitrogens is 2. The van der Waals surface area contributed by atoms with E-state index in [4.69, 9.17) is 5.73 Å². The van der Waals surface area contributed by atoms with E-state index in [-0.39, 0.29) is 57.6 Å². The average molecular weight is 581 g/mol. The van der Waals surface area contributed by atoms with E-state index in [9.17, 15) is 26.7 Å². The number of nitrogens with one attached hydrogen (secondary N) is 2. The fourth-order valence-corrected chi connectivity index (χ4v) is 6.42. The Morgan fingerprint density at radius 2 is 1.97 bits per heavy atom. The maximum atomic E-state index is 13.5. The summed E-state index contributed by atoms with van der Waals surface area (Å²) in [5.41, 5.74) is 4.36. The van der Waals surface area contributed by atoms with Gasteiger partial charge in [0.05, 0.1) is 16.3 Å². The lowest BCUT2D eigenvalue weighted by molar-refractivity contribution is 0.335. The Kier molecular flexibility index (Phi) is 7.40. The zero-order chi connectivity index (χ0) is 27.9. The van der Waals surface area contributed by atoms with Crippen LogP contribution in [0.5, 0.6) is 5.75 Å². The van der Waals surface area contributed by atoms with Crippen molar-refractivity contribution in [3.8, 4) is 16.3 Å². The van der Waals surface area contributed by atoms with Crippen molar-refractivity contribution in [2.75, 3.05) is 22.3 Å². The van der Waals surface area contributed by atoms with Crippen LogP contribution in [0.3, 0.4) is 0 Å². The lowest BCUT2D eigenvalue weighted by atomic mass is 9.92. The van der Waals surface area contributed by atoms with Gasteiger partial charge < -0.3 is 16.2 Å². The van der Waals surface area contributed by atoms with Crippen molar-refractivity contribution in [1.82, 2.24) is 9.78 Å². The van der Waals surface area contributed by atoms with Crippen LogP contribution in [0.2, 0.25) is 0 Å². The molecule has 3 heterocycles. The van der Waals surface area contributed by atoms with Gasteiger partial charge in [0.25, 0.3) is 15.6 Å². The standard InChI is InChI=1S/C23H28N6O6S3/c1-23(2,3)8-10-29-22(31)18(20(30)19(26-29)16-5-4-11-36-16)21-25-15-7-6-14(27-37(32,33)12-9-24)13-17(15)38(34,35)28-21/h4-7,11,13,27,30H,8-10,12,24H2,1-3H3,(H,25,28). The van der Waals surface area contributed by atoms with Crippen LogP contribution >= 0.6 is 11.3 Å². The fraction of sp³-hybridized carbons (Fsp3) is 0.348. The maximum absolute atomic E-state index is 13.5. The first-order chi connectivity index (χ1) is 17.7. The van der Waals surface area contributed by atoms with E-state index in [2.05, 4.69) is 19.5 Å². The van der Waals surface area contributed by atoms with Gasteiger partial charge in [0.15, 0.2) is 11.6 Å². The van der Waals surface area contributed by atoms with E-state index in [1.165, 1.54) is 28.2 Å². The minimum Gasteiger partial charge on any atom is -0.505 e. The number of aromatic hydroxyl groups is 1. The Labute approximate surface area is 224 Å². The van der Waals surface area contributed by atoms with Gasteiger partial charge in [-0.25, -0.2) is 13.1 Å². The third kappa shape index (κ3) is 5.90. The lowest BCUT2D eigenvalue weighted by Crippen LogP contribution is -2.34. The first-order valence-electron chi connectivity index (χ1n) is 11.6. The Morgan fingerprint density at radius 3 is 2.61 bits per heavy atom. The second-order valence-corrected chi connectivity index (χ2v) is 14.2. The zero-order valence-corrected chi connectivity index (χ0v) is 23.4. The van der Waals surface area contributed by atoms with Crippen molar-refractivity contribution in [3.05, 3.63) is 51.6 Å². The molecular formula is C23H28N6O6S3. The summed E-state index contributed by atoms with van der Waals surface area (Å²) in [6, 6.07) is 7.32. The first kappa shape index (κ1) is 27.8. The number of rotatable bonds is 8. The topological polar surface area (TPSA) is 186 Å². The number of nitrogens with zero attached hydrogens (tertiary/aromatic N) is 3. The summed E-state index contributed by atoms with van der Waals surface area (Å²) in [6.45, 7) is 6.17. The van der Waals surface area contributed by atoms with E-state index < -0.39 is 31.4 Å². The summed E-state index contributed by atoms with van der Waals surface area (Å²) in [5.74, 6) is -1.20. The number of amidine groups is 1. The molecule has 0 aliphatic carbocycles. The van der Waals surface area contributed by atoms with E-state index in [1.807, 2.05) is 20.8 Å². The highest BCUT2D eigenvalue weighted by molar-refractivity contribution is 7.92. The van der Waals surface area contributed by atoms with Crippen molar-refractivity contribution in [2.45, 2.75) is 38.6 Å². The SMILES string of the molecule is CC(C)(C)CCn1nc(-c2cccs2)c(O)c(C2=NS(=O)(=O)c3cc(NS(=O)(=O)CCN)ccc3N2)c1=O. The molecule has 204 valence electrons. The highest BCUT2D eigenvalue weighted by atomic mass is 32.2. The van der Waals surface area contributed by atoms with Gasteiger partial charge in [-0.15, -0.1) is 15.7 Å². The molecule has 1 aliphatic heterocycles. The lowest BCUT2D eigenvalue weighted by Gasteiger charge is -2.22. The molecule has 12 nitrogen and oxygen atoms in total. The molecule has 3 aromatic rings. The predicted molar refractivity (Wildman–Crippen MR) is 148 cm³/mol. The number of benzene rings is 1. The summed E-state index contributed by atoms with van der Waals surface area (Å²) in [4.78, 5) is 13.8. The molecule has 0 radical (unpaired) electrons. The normalized spacial score (nSPS) is 14.9.